The SMILES string of the molecule is COc1c(Br)cc(Cl)cc1S(=O)(=O)N1CC(C)C(N)C1. The van der Waals surface area contributed by atoms with E-state index < -0.39 is 10.0 Å². The van der Waals surface area contributed by atoms with E-state index in [1.165, 1.54) is 17.5 Å². The number of nitrogens with two attached hydrogens (primary N) is 1. The third kappa shape index (κ3) is 2.82. The molecule has 1 aromatic carbocycles. The molecule has 2 N–H and O–H groups in total. The van der Waals surface area contributed by atoms with Crippen LogP contribution in [0.5, 0.6) is 5.75 Å². The Kier molecular flexibility index (Phi) is 4.66. The molecule has 0 aliphatic carbocycles. The highest BCUT2D eigenvalue weighted by atomic mass is 79.9. The lowest BCUT2D eigenvalue weighted by molar-refractivity contribution is 0.395. The van der Waals surface area contributed by atoms with Crippen molar-refractivity contribution in [1.82, 2.24) is 4.31 Å². The molecule has 1 heterocycles. The highest BCUT2D eigenvalue weighted by Gasteiger charge is 2.37. The minimum atomic E-state index is -3.68. The lowest BCUT2D eigenvalue weighted by Gasteiger charge is -2.19. The van der Waals surface area contributed by atoms with Crippen LogP contribution in [0.25, 0.3) is 0 Å². The lowest BCUT2D eigenvalue weighted by Crippen LogP contribution is -2.32. The van der Waals surface area contributed by atoms with Crippen LogP contribution < -0.4 is 10.5 Å². The zero-order valence-corrected chi connectivity index (χ0v) is 14.3. The number of ether oxygens (including phenoxy) is 1. The van der Waals surface area contributed by atoms with E-state index in [9.17, 15) is 8.42 Å². The predicted molar refractivity (Wildman–Crippen MR) is 81.6 cm³/mol. The van der Waals surface area contributed by atoms with Crippen LogP contribution in [0.3, 0.4) is 0 Å². The van der Waals surface area contributed by atoms with Crippen molar-refractivity contribution in [2.75, 3.05) is 20.2 Å². The summed E-state index contributed by atoms with van der Waals surface area (Å²) in [6.45, 7) is 2.64. The van der Waals surface area contributed by atoms with Gasteiger partial charge < -0.3 is 10.5 Å². The molecule has 0 saturated carbocycles. The van der Waals surface area contributed by atoms with Gasteiger partial charge in [-0.25, -0.2) is 8.42 Å². The molecule has 1 fully saturated rings. The lowest BCUT2D eigenvalue weighted by atomic mass is 10.1. The average Bonchev–Trinajstić information content (AvgIpc) is 2.69. The van der Waals surface area contributed by atoms with Crippen molar-refractivity contribution >= 4 is 37.6 Å². The molecule has 2 atom stereocenters. The highest BCUT2D eigenvalue weighted by molar-refractivity contribution is 9.10. The van der Waals surface area contributed by atoms with E-state index in [4.69, 9.17) is 22.1 Å². The summed E-state index contributed by atoms with van der Waals surface area (Å²) in [7, 11) is -2.26. The van der Waals surface area contributed by atoms with E-state index in [0.29, 0.717) is 22.6 Å². The van der Waals surface area contributed by atoms with Gasteiger partial charge >= 0.3 is 0 Å². The summed E-state index contributed by atoms with van der Waals surface area (Å²) in [6.07, 6.45) is 0. The molecule has 1 saturated heterocycles. The summed E-state index contributed by atoms with van der Waals surface area (Å²) < 4.78 is 32.5. The first-order chi connectivity index (χ1) is 9.27. The van der Waals surface area contributed by atoms with Crippen molar-refractivity contribution < 1.29 is 13.2 Å². The fourth-order valence-corrected chi connectivity index (χ4v) is 5.16. The van der Waals surface area contributed by atoms with Gasteiger partial charge in [0.2, 0.25) is 10.0 Å². The molecule has 0 spiro atoms. The van der Waals surface area contributed by atoms with Crippen molar-refractivity contribution in [3.8, 4) is 5.75 Å². The largest absolute Gasteiger partial charge is 0.494 e. The number of hydrogen-bond acceptors (Lipinski definition) is 4. The van der Waals surface area contributed by atoms with Crippen LogP contribution in [0.1, 0.15) is 6.92 Å². The highest BCUT2D eigenvalue weighted by Crippen LogP contribution is 2.37. The van der Waals surface area contributed by atoms with Crippen LogP contribution in [0.15, 0.2) is 21.5 Å². The van der Waals surface area contributed by atoms with E-state index in [-0.39, 0.29) is 22.6 Å². The molecule has 0 aromatic heterocycles. The molecule has 0 amide bonds. The van der Waals surface area contributed by atoms with Crippen molar-refractivity contribution in [2.45, 2.75) is 17.9 Å². The second-order valence-electron chi connectivity index (χ2n) is 4.88. The second kappa shape index (κ2) is 5.81. The smallest absolute Gasteiger partial charge is 0.246 e. The fourth-order valence-electron chi connectivity index (χ4n) is 2.21. The topological polar surface area (TPSA) is 72.6 Å². The van der Waals surface area contributed by atoms with E-state index >= 15 is 0 Å². The van der Waals surface area contributed by atoms with Crippen molar-refractivity contribution in [2.24, 2.45) is 11.7 Å². The molecule has 0 radical (unpaired) electrons. The minimum Gasteiger partial charge on any atom is -0.494 e. The van der Waals surface area contributed by atoms with Crippen LogP contribution in [-0.4, -0.2) is 39.0 Å². The Labute approximate surface area is 132 Å². The number of methoxy groups -OCH3 is 1. The summed E-state index contributed by atoms with van der Waals surface area (Å²) in [5, 5.41) is 0.327. The van der Waals surface area contributed by atoms with Crippen LogP contribution in [0, 0.1) is 5.92 Å². The maximum Gasteiger partial charge on any atom is 0.246 e. The standard InChI is InChI=1S/C12H16BrClN2O3S/c1-7-5-16(6-10(7)15)20(17,18)11-4-8(14)3-9(13)12(11)19-2/h3-4,7,10H,5-6,15H2,1-2H3. The van der Waals surface area contributed by atoms with Crippen LogP contribution in [-0.2, 0) is 10.0 Å². The van der Waals surface area contributed by atoms with Crippen molar-refractivity contribution in [3.63, 3.8) is 0 Å². The Morgan fingerprint density at radius 3 is 2.60 bits per heavy atom. The monoisotopic (exact) mass is 382 g/mol. The van der Waals surface area contributed by atoms with Crippen molar-refractivity contribution in [1.29, 1.82) is 0 Å². The number of sulfonamides is 1. The Hall–Kier alpha value is -0.340. The first kappa shape index (κ1) is 16.0. The minimum absolute atomic E-state index is 0.0562. The average molecular weight is 384 g/mol. The van der Waals surface area contributed by atoms with Crippen LogP contribution >= 0.6 is 27.5 Å². The molecule has 1 aromatic rings. The predicted octanol–water partition coefficient (Wildman–Crippen LogP) is 2.08. The number of rotatable bonds is 3. The molecule has 1 aliphatic rings. The Balaban J connectivity index is 2.50. The number of halogens is 2. The van der Waals surface area contributed by atoms with Gasteiger partial charge in [0, 0.05) is 24.2 Å². The third-order valence-electron chi connectivity index (χ3n) is 3.43. The van der Waals surface area contributed by atoms with E-state index in [0.717, 1.165) is 0 Å². The third-order valence-corrected chi connectivity index (χ3v) is 6.08. The maximum absolute atomic E-state index is 12.7. The van der Waals surface area contributed by atoms with E-state index in [1.807, 2.05) is 6.92 Å². The summed E-state index contributed by atoms with van der Waals surface area (Å²) in [5.74, 6) is 0.376. The molecule has 5 nitrogen and oxygen atoms in total. The van der Waals surface area contributed by atoms with Gasteiger partial charge in [0.15, 0.2) is 5.75 Å². The Morgan fingerprint density at radius 2 is 2.10 bits per heavy atom. The van der Waals surface area contributed by atoms with Gasteiger partial charge in [0.1, 0.15) is 4.90 Å². The zero-order chi connectivity index (χ0) is 15.1. The summed E-state index contributed by atoms with van der Waals surface area (Å²) >= 11 is 9.22. The Bertz CT molecular complexity index is 613. The van der Waals surface area contributed by atoms with Crippen LogP contribution in [0.2, 0.25) is 5.02 Å². The van der Waals surface area contributed by atoms with Gasteiger partial charge in [-0.2, -0.15) is 4.31 Å². The van der Waals surface area contributed by atoms with E-state index in [1.54, 1.807) is 6.07 Å². The molecule has 2 unspecified atom stereocenters. The molecule has 0 bridgehead atoms. The van der Waals surface area contributed by atoms with Gasteiger partial charge in [-0.1, -0.05) is 18.5 Å². The first-order valence-corrected chi connectivity index (χ1v) is 8.67. The number of hydrogen-bond donors (Lipinski definition) is 1. The van der Waals surface area contributed by atoms with Gasteiger partial charge in [0.25, 0.3) is 0 Å². The summed E-state index contributed by atoms with van der Waals surface area (Å²) in [5.41, 5.74) is 5.90. The number of benzene rings is 1. The van der Waals surface area contributed by atoms with Crippen molar-refractivity contribution in [3.05, 3.63) is 21.6 Å². The van der Waals surface area contributed by atoms with Gasteiger partial charge in [0.05, 0.1) is 11.6 Å². The normalized spacial score (nSPS) is 24.1. The van der Waals surface area contributed by atoms with Gasteiger partial charge in [-0.3, -0.25) is 0 Å². The fraction of sp³-hybridized carbons (Fsp3) is 0.500. The molecule has 8 heteroatoms. The van der Waals surface area contributed by atoms with E-state index in [2.05, 4.69) is 15.9 Å². The maximum atomic E-state index is 12.7. The summed E-state index contributed by atoms with van der Waals surface area (Å²) in [4.78, 5) is 0.0562. The molecule has 112 valence electrons. The molecular weight excluding hydrogens is 368 g/mol. The first-order valence-electron chi connectivity index (χ1n) is 6.06. The van der Waals surface area contributed by atoms with Crippen LogP contribution in [0.4, 0.5) is 0 Å². The molecular formula is C12H16BrClN2O3S. The Morgan fingerprint density at radius 1 is 1.45 bits per heavy atom. The summed E-state index contributed by atoms with van der Waals surface area (Å²) in [6, 6.07) is 2.84. The number of nitrogens with zero attached hydrogens (tertiary/aromatic N) is 1. The molecule has 2 rings (SSSR count). The quantitative estimate of drug-likeness (QED) is 0.867. The van der Waals surface area contributed by atoms with Gasteiger partial charge in [-0.05, 0) is 34.0 Å². The zero-order valence-electron chi connectivity index (χ0n) is 11.1. The van der Waals surface area contributed by atoms with Gasteiger partial charge in [-0.15, -0.1) is 0 Å². The molecule has 20 heavy (non-hydrogen) atoms. The second-order valence-corrected chi connectivity index (χ2v) is 8.08. The molecule has 1 aliphatic heterocycles.